The van der Waals surface area contributed by atoms with Gasteiger partial charge in [0.05, 0.1) is 12.1 Å². The van der Waals surface area contributed by atoms with Gasteiger partial charge in [-0.15, -0.1) is 0 Å². The molecule has 0 aromatic heterocycles. The molecule has 47 heavy (non-hydrogen) atoms. The molecule has 0 spiro atoms. The highest BCUT2D eigenvalue weighted by Gasteiger charge is 2.42. The second kappa shape index (κ2) is 18.6. The summed E-state index contributed by atoms with van der Waals surface area (Å²) in [5.74, 6) is 0.636. The van der Waals surface area contributed by atoms with Crippen molar-refractivity contribution in [2.45, 2.75) is 101 Å². The third-order valence-corrected chi connectivity index (χ3v) is 9.54. The highest BCUT2D eigenvalue weighted by molar-refractivity contribution is 8.00. The standard InChI is InChI=1S/C33H52N6O7S/c1-33(2,3)46-31(43)34-18-12-11-15-24(36-32(44)45-21-23-13-7-6-8-14-23)29(41)39(5)20-19-38(4)27(40)17-10-9-16-26-28-25(22-47-26)35-30(42)37-28/h6-8,13-14,24-26,28H,9-12,15-22H2,1-5H3,(H,34,43)(H,36,44)(H2,35,37,42)/t24-,25+,26+,28+/m0/s1. The molecule has 0 radical (unpaired) electrons. The number of ether oxygens (including phenoxy) is 2. The number of carbonyl (C=O) groups is 5. The Bertz CT molecular complexity index is 1200. The summed E-state index contributed by atoms with van der Waals surface area (Å²) in [6, 6.07) is 8.69. The molecule has 14 heteroatoms. The SMILES string of the molecule is CN(CCN(C)C(=O)[C@H](CCCCNC(=O)OC(C)(C)C)NC(=O)OCc1ccccc1)C(=O)CCCC[C@H]1SC[C@H]2NC(=O)N[C@H]21. The zero-order valence-electron chi connectivity index (χ0n) is 28.3. The monoisotopic (exact) mass is 676 g/mol. The summed E-state index contributed by atoms with van der Waals surface area (Å²) < 4.78 is 10.6. The molecule has 2 aliphatic heterocycles. The number of carbonyl (C=O) groups excluding carboxylic acids is 5. The van der Waals surface area contributed by atoms with Gasteiger partial charge >= 0.3 is 18.2 Å². The smallest absolute Gasteiger partial charge is 0.408 e. The zero-order chi connectivity index (χ0) is 34.4. The predicted octanol–water partition coefficient (Wildman–Crippen LogP) is 3.62. The molecular weight excluding hydrogens is 624 g/mol. The minimum atomic E-state index is -0.835. The summed E-state index contributed by atoms with van der Waals surface area (Å²) in [6.45, 7) is 6.46. The molecule has 2 saturated heterocycles. The van der Waals surface area contributed by atoms with Gasteiger partial charge in [0.1, 0.15) is 18.2 Å². The minimum absolute atomic E-state index is 0.00953. The fourth-order valence-electron chi connectivity index (χ4n) is 5.40. The maximum absolute atomic E-state index is 13.4. The lowest BCUT2D eigenvalue weighted by atomic mass is 10.0. The van der Waals surface area contributed by atoms with E-state index in [4.69, 9.17) is 9.47 Å². The van der Waals surface area contributed by atoms with E-state index in [9.17, 15) is 24.0 Å². The number of nitrogens with one attached hydrogen (secondary N) is 4. The number of likely N-dealkylation sites (N-methyl/N-ethyl adjacent to an activating group) is 2. The highest BCUT2D eigenvalue weighted by Crippen LogP contribution is 2.33. The normalized spacial score (nSPS) is 19.1. The highest BCUT2D eigenvalue weighted by atomic mass is 32.2. The predicted molar refractivity (Wildman–Crippen MR) is 181 cm³/mol. The van der Waals surface area contributed by atoms with Gasteiger partial charge in [0.25, 0.3) is 0 Å². The van der Waals surface area contributed by atoms with Gasteiger partial charge in [-0.3, -0.25) is 9.59 Å². The summed E-state index contributed by atoms with van der Waals surface area (Å²) in [4.78, 5) is 65.5. The van der Waals surface area contributed by atoms with E-state index >= 15 is 0 Å². The van der Waals surface area contributed by atoms with E-state index in [0.29, 0.717) is 50.6 Å². The lowest BCUT2D eigenvalue weighted by molar-refractivity contribution is -0.135. The van der Waals surface area contributed by atoms with Gasteiger partial charge in [0.15, 0.2) is 0 Å². The molecule has 0 bridgehead atoms. The van der Waals surface area contributed by atoms with Gasteiger partial charge in [0.2, 0.25) is 11.8 Å². The molecule has 262 valence electrons. The van der Waals surface area contributed by atoms with E-state index in [0.717, 1.165) is 30.6 Å². The molecule has 2 aliphatic rings. The van der Waals surface area contributed by atoms with Crippen LogP contribution < -0.4 is 21.3 Å². The molecule has 3 rings (SSSR count). The van der Waals surface area contributed by atoms with Gasteiger partial charge in [-0.2, -0.15) is 11.8 Å². The van der Waals surface area contributed by atoms with Crippen molar-refractivity contribution in [2.24, 2.45) is 0 Å². The lowest BCUT2D eigenvalue weighted by Crippen LogP contribution is -2.49. The third kappa shape index (κ3) is 13.5. The van der Waals surface area contributed by atoms with Crippen molar-refractivity contribution in [1.29, 1.82) is 0 Å². The molecule has 13 nitrogen and oxygen atoms in total. The van der Waals surface area contributed by atoms with Crippen LogP contribution >= 0.6 is 11.8 Å². The van der Waals surface area contributed by atoms with Crippen LogP contribution in [0.3, 0.4) is 0 Å². The van der Waals surface area contributed by atoms with Crippen molar-refractivity contribution >= 4 is 41.8 Å². The van der Waals surface area contributed by atoms with Crippen LogP contribution in [0.2, 0.25) is 0 Å². The summed E-state index contributed by atoms with van der Waals surface area (Å²) >= 11 is 1.87. The first-order valence-corrected chi connectivity index (χ1v) is 17.5. The Morgan fingerprint density at radius 2 is 1.70 bits per heavy atom. The quantitative estimate of drug-likeness (QED) is 0.144. The van der Waals surface area contributed by atoms with Crippen molar-refractivity contribution in [3.63, 3.8) is 0 Å². The van der Waals surface area contributed by atoms with Crippen LogP contribution in [-0.4, -0.2) is 108 Å². The van der Waals surface area contributed by atoms with Gasteiger partial charge in [-0.05, 0) is 58.4 Å². The van der Waals surface area contributed by atoms with Gasteiger partial charge < -0.3 is 40.5 Å². The van der Waals surface area contributed by atoms with Crippen molar-refractivity contribution in [3.8, 4) is 0 Å². The van der Waals surface area contributed by atoms with Crippen molar-refractivity contribution < 1.29 is 33.4 Å². The average molecular weight is 677 g/mol. The molecule has 1 aromatic rings. The molecule has 6 amide bonds. The van der Waals surface area contributed by atoms with Crippen molar-refractivity contribution in [2.75, 3.05) is 39.5 Å². The van der Waals surface area contributed by atoms with Crippen LogP contribution in [0, 0.1) is 0 Å². The molecule has 2 heterocycles. The minimum Gasteiger partial charge on any atom is -0.445 e. The molecule has 2 fully saturated rings. The number of benzene rings is 1. The number of rotatable bonds is 17. The van der Waals surface area contributed by atoms with Crippen molar-refractivity contribution in [1.82, 2.24) is 31.1 Å². The second-order valence-electron chi connectivity index (χ2n) is 13.1. The fraction of sp³-hybridized carbons (Fsp3) is 0.667. The number of urea groups is 1. The van der Waals surface area contributed by atoms with Crippen LogP contribution in [-0.2, 0) is 25.7 Å². The third-order valence-electron chi connectivity index (χ3n) is 8.03. The number of hydrogen-bond acceptors (Lipinski definition) is 8. The Hall–Kier alpha value is -3.68. The van der Waals surface area contributed by atoms with E-state index in [-0.39, 0.29) is 36.5 Å². The Kier molecular flexibility index (Phi) is 15.0. The summed E-state index contributed by atoms with van der Waals surface area (Å²) in [6.07, 6.45) is 3.29. The number of amides is 6. The maximum Gasteiger partial charge on any atom is 0.408 e. The van der Waals surface area contributed by atoms with Crippen LogP contribution in [0.15, 0.2) is 30.3 Å². The largest absolute Gasteiger partial charge is 0.445 e. The molecular formula is C33H52N6O7S. The van der Waals surface area contributed by atoms with Gasteiger partial charge in [-0.1, -0.05) is 36.8 Å². The Balaban J connectivity index is 1.41. The number of nitrogens with zero attached hydrogens (tertiary/aromatic N) is 2. The lowest BCUT2D eigenvalue weighted by Gasteiger charge is -2.27. The first kappa shape index (κ1) is 37.8. The zero-order valence-corrected chi connectivity index (χ0v) is 29.2. The number of alkyl carbamates (subject to hydrolysis) is 2. The van der Waals surface area contributed by atoms with E-state index in [1.165, 1.54) is 4.90 Å². The van der Waals surface area contributed by atoms with E-state index in [1.807, 2.05) is 42.1 Å². The first-order chi connectivity index (χ1) is 22.3. The summed E-state index contributed by atoms with van der Waals surface area (Å²) in [5.41, 5.74) is 0.233. The molecule has 4 N–H and O–H groups in total. The summed E-state index contributed by atoms with van der Waals surface area (Å²) in [7, 11) is 3.38. The fourth-order valence-corrected chi connectivity index (χ4v) is 6.94. The molecule has 0 aliphatic carbocycles. The van der Waals surface area contributed by atoms with E-state index in [2.05, 4.69) is 21.3 Å². The summed E-state index contributed by atoms with van der Waals surface area (Å²) in [5, 5.41) is 11.7. The number of thioether (sulfide) groups is 1. The number of hydrogen-bond donors (Lipinski definition) is 4. The van der Waals surface area contributed by atoms with Crippen LogP contribution in [0.1, 0.15) is 71.3 Å². The first-order valence-electron chi connectivity index (χ1n) is 16.4. The number of unbranched alkanes of at least 4 members (excludes halogenated alkanes) is 2. The van der Waals surface area contributed by atoms with Gasteiger partial charge in [-0.25, -0.2) is 14.4 Å². The van der Waals surface area contributed by atoms with E-state index in [1.54, 1.807) is 39.8 Å². The van der Waals surface area contributed by atoms with E-state index < -0.39 is 23.8 Å². The average Bonchev–Trinajstić information content (AvgIpc) is 3.58. The molecule has 0 unspecified atom stereocenters. The Morgan fingerprint density at radius 3 is 2.43 bits per heavy atom. The second-order valence-corrected chi connectivity index (χ2v) is 14.4. The van der Waals surface area contributed by atoms with Crippen molar-refractivity contribution in [3.05, 3.63) is 35.9 Å². The van der Waals surface area contributed by atoms with Crippen LogP contribution in [0.25, 0.3) is 0 Å². The van der Waals surface area contributed by atoms with Gasteiger partial charge in [0, 0.05) is 51.2 Å². The number of fused-ring (bicyclic) bond motifs is 1. The Morgan fingerprint density at radius 1 is 0.979 bits per heavy atom. The topological polar surface area (TPSA) is 158 Å². The Labute approximate surface area is 282 Å². The maximum atomic E-state index is 13.4. The van der Waals surface area contributed by atoms with Crippen LogP contribution in [0.4, 0.5) is 14.4 Å². The van der Waals surface area contributed by atoms with Crippen LogP contribution in [0.5, 0.6) is 0 Å². The molecule has 1 aromatic carbocycles. The molecule has 0 saturated carbocycles. The molecule has 4 atom stereocenters.